The Bertz CT molecular complexity index is 655. The summed E-state index contributed by atoms with van der Waals surface area (Å²) in [5.41, 5.74) is 1.14. The molecule has 1 amide bonds. The summed E-state index contributed by atoms with van der Waals surface area (Å²) in [6.45, 7) is 1.96. The zero-order valence-electron chi connectivity index (χ0n) is 13.0. The molecule has 23 heavy (non-hydrogen) atoms. The number of carbonyl (C=O) groups excluding carboxylic acids is 1. The minimum Gasteiger partial charge on any atom is -0.348 e. The van der Waals surface area contributed by atoms with E-state index >= 15 is 0 Å². The zero-order valence-corrected chi connectivity index (χ0v) is 14.6. The lowest BCUT2D eigenvalue weighted by atomic mass is 10.0. The molecule has 2 unspecified atom stereocenters. The predicted molar refractivity (Wildman–Crippen MR) is 96.8 cm³/mol. The Hall–Kier alpha value is -1.45. The van der Waals surface area contributed by atoms with Crippen molar-refractivity contribution in [1.29, 1.82) is 0 Å². The standard InChI is InChI=1S/C19H20ClNOS/c1-13(23-17-5-3-2-4-6-17)19(22)21-18(14-7-8-14)15-9-11-16(20)12-10-15/h2-6,9-14,18H,7-8H2,1H3,(H,21,22). The smallest absolute Gasteiger partial charge is 0.233 e. The van der Waals surface area contributed by atoms with E-state index in [0.29, 0.717) is 5.92 Å². The topological polar surface area (TPSA) is 29.1 Å². The van der Waals surface area contributed by atoms with Gasteiger partial charge < -0.3 is 5.32 Å². The molecule has 0 bridgehead atoms. The first-order valence-electron chi connectivity index (χ1n) is 7.91. The van der Waals surface area contributed by atoms with Gasteiger partial charge in [-0.3, -0.25) is 4.79 Å². The third kappa shape index (κ3) is 4.52. The zero-order chi connectivity index (χ0) is 16.2. The first-order valence-corrected chi connectivity index (χ1v) is 9.17. The maximum atomic E-state index is 12.6. The summed E-state index contributed by atoms with van der Waals surface area (Å²) in [7, 11) is 0. The number of benzene rings is 2. The van der Waals surface area contributed by atoms with Gasteiger partial charge in [0.05, 0.1) is 11.3 Å². The van der Waals surface area contributed by atoms with Gasteiger partial charge in [-0.25, -0.2) is 0 Å². The Kier molecular flexibility index (Phi) is 5.29. The Labute approximate surface area is 146 Å². The number of rotatable bonds is 6. The molecule has 1 aliphatic rings. The van der Waals surface area contributed by atoms with Gasteiger partial charge in [-0.15, -0.1) is 11.8 Å². The molecule has 2 aromatic carbocycles. The summed E-state index contributed by atoms with van der Waals surface area (Å²) < 4.78 is 0. The molecule has 0 heterocycles. The molecular formula is C19H20ClNOS. The van der Waals surface area contributed by atoms with Crippen LogP contribution < -0.4 is 5.32 Å². The van der Waals surface area contributed by atoms with Crippen LogP contribution in [0.5, 0.6) is 0 Å². The third-order valence-corrected chi connectivity index (χ3v) is 5.41. The van der Waals surface area contributed by atoms with E-state index in [1.54, 1.807) is 11.8 Å². The van der Waals surface area contributed by atoms with Gasteiger partial charge in [0.1, 0.15) is 0 Å². The van der Waals surface area contributed by atoms with Crippen molar-refractivity contribution in [2.45, 2.75) is 36.0 Å². The Morgan fingerprint density at radius 3 is 2.39 bits per heavy atom. The number of thioether (sulfide) groups is 1. The molecule has 4 heteroatoms. The van der Waals surface area contributed by atoms with Crippen LogP contribution >= 0.6 is 23.4 Å². The van der Waals surface area contributed by atoms with Crippen molar-refractivity contribution in [1.82, 2.24) is 5.32 Å². The van der Waals surface area contributed by atoms with Crippen molar-refractivity contribution >= 4 is 29.3 Å². The monoisotopic (exact) mass is 345 g/mol. The third-order valence-electron chi connectivity index (χ3n) is 4.05. The molecule has 0 spiro atoms. The van der Waals surface area contributed by atoms with E-state index in [1.807, 2.05) is 61.5 Å². The summed E-state index contributed by atoms with van der Waals surface area (Å²) >= 11 is 7.56. The Balaban J connectivity index is 1.65. The molecule has 1 aliphatic carbocycles. The fourth-order valence-electron chi connectivity index (χ4n) is 2.60. The predicted octanol–water partition coefficient (Wildman–Crippen LogP) is 5.09. The van der Waals surface area contributed by atoms with Crippen LogP contribution in [0, 0.1) is 5.92 Å². The van der Waals surface area contributed by atoms with Gasteiger partial charge in [-0.1, -0.05) is 41.9 Å². The Morgan fingerprint density at radius 2 is 1.78 bits per heavy atom. The molecule has 120 valence electrons. The highest BCUT2D eigenvalue weighted by molar-refractivity contribution is 8.00. The fraction of sp³-hybridized carbons (Fsp3) is 0.316. The second kappa shape index (κ2) is 7.41. The quantitative estimate of drug-likeness (QED) is 0.739. The highest BCUT2D eigenvalue weighted by atomic mass is 35.5. The molecular weight excluding hydrogens is 326 g/mol. The first-order chi connectivity index (χ1) is 11.1. The summed E-state index contributed by atoms with van der Waals surface area (Å²) in [4.78, 5) is 13.7. The highest BCUT2D eigenvalue weighted by Crippen LogP contribution is 2.41. The van der Waals surface area contributed by atoms with Crippen LogP contribution in [0.3, 0.4) is 0 Å². The van der Waals surface area contributed by atoms with Crippen molar-refractivity contribution in [3.63, 3.8) is 0 Å². The Morgan fingerprint density at radius 1 is 1.13 bits per heavy atom. The SMILES string of the molecule is CC(Sc1ccccc1)C(=O)NC(c1ccc(Cl)cc1)C1CC1. The van der Waals surface area contributed by atoms with E-state index in [-0.39, 0.29) is 17.2 Å². The summed E-state index contributed by atoms with van der Waals surface area (Å²) in [6, 6.07) is 17.9. The molecule has 1 N–H and O–H groups in total. The lowest BCUT2D eigenvalue weighted by Crippen LogP contribution is -2.35. The van der Waals surface area contributed by atoms with Crippen LogP contribution in [0.25, 0.3) is 0 Å². The van der Waals surface area contributed by atoms with Gasteiger partial charge >= 0.3 is 0 Å². The van der Waals surface area contributed by atoms with E-state index < -0.39 is 0 Å². The molecule has 3 rings (SSSR count). The fourth-order valence-corrected chi connectivity index (χ4v) is 3.62. The van der Waals surface area contributed by atoms with Gasteiger partial charge in [0.25, 0.3) is 0 Å². The van der Waals surface area contributed by atoms with Crippen LogP contribution in [0.15, 0.2) is 59.5 Å². The van der Waals surface area contributed by atoms with E-state index in [1.165, 1.54) is 12.8 Å². The number of amides is 1. The number of halogens is 1. The van der Waals surface area contributed by atoms with Crippen molar-refractivity contribution in [3.8, 4) is 0 Å². The average Bonchev–Trinajstić information content (AvgIpc) is 3.39. The molecule has 1 fully saturated rings. The van der Waals surface area contributed by atoms with Gasteiger partial charge in [-0.2, -0.15) is 0 Å². The second-order valence-corrected chi connectivity index (χ2v) is 7.80. The molecule has 0 aromatic heterocycles. The lowest BCUT2D eigenvalue weighted by molar-refractivity contribution is -0.121. The van der Waals surface area contributed by atoms with E-state index in [4.69, 9.17) is 11.6 Å². The molecule has 1 saturated carbocycles. The van der Waals surface area contributed by atoms with E-state index in [0.717, 1.165) is 15.5 Å². The van der Waals surface area contributed by atoms with Crippen molar-refractivity contribution in [2.75, 3.05) is 0 Å². The first kappa shape index (κ1) is 16.4. The maximum absolute atomic E-state index is 12.6. The van der Waals surface area contributed by atoms with Crippen LogP contribution in [-0.2, 0) is 4.79 Å². The average molecular weight is 346 g/mol. The second-order valence-electron chi connectivity index (χ2n) is 5.95. The van der Waals surface area contributed by atoms with Crippen molar-refractivity contribution in [3.05, 3.63) is 65.2 Å². The molecule has 2 nitrogen and oxygen atoms in total. The molecule has 0 saturated heterocycles. The van der Waals surface area contributed by atoms with Crippen LogP contribution in [0.2, 0.25) is 5.02 Å². The van der Waals surface area contributed by atoms with Gasteiger partial charge in [0.2, 0.25) is 5.91 Å². The normalized spacial score (nSPS) is 16.6. The van der Waals surface area contributed by atoms with Crippen molar-refractivity contribution < 1.29 is 4.79 Å². The summed E-state index contributed by atoms with van der Waals surface area (Å²) in [5, 5.41) is 3.84. The largest absolute Gasteiger partial charge is 0.348 e. The molecule has 2 atom stereocenters. The number of carbonyl (C=O) groups is 1. The molecule has 0 aliphatic heterocycles. The van der Waals surface area contributed by atoms with Crippen LogP contribution in [-0.4, -0.2) is 11.2 Å². The van der Waals surface area contributed by atoms with Gasteiger partial charge in [0.15, 0.2) is 0 Å². The minimum absolute atomic E-state index is 0.0886. The van der Waals surface area contributed by atoms with E-state index in [2.05, 4.69) is 5.32 Å². The summed E-state index contributed by atoms with van der Waals surface area (Å²) in [5.74, 6) is 0.639. The van der Waals surface area contributed by atoms with E-state index in [9.17, 15) is 4.79 Å². The summed E-state index contributed by atoms with van der Waals surface area (Å²) in [6.07, 6.45) is 2.35. The maximum Gasteiger partial charge on any atom is 0.233 e. The number of nitrogens with one attached hydrogen (secondary N) is 1. The van der Waals surface area contributed by atoms with Gasteiger partial charge in [-0.05, 0) is 55.5 Å². The van der Waals surface area contributed by atoms with Gasteiger partial charge in [0, 0.05) is 9.92 Å². The number of hydrogen-bond donors (Lipinski definition) is 1. The molecule has 2 aromatic rings. The minimum atomic E-state index is -0.119. The van der Waals surface area contributed by atoms with Crippen molar-refractivity contribution in [2.24, 2.45) is 5.92 Å². The lowest BCUT2D eigenvalue weighted by Gasteiger charge is -2.21. The van der Waals surface area contributed by atoms with Crippen LogP contribution in [0.4, 0.5) is 0 Å². The van der Waals surface area contributed by atoms with Crippen LogP contribution in [0.1, 0.15) is 31.4 Å². The number of hydrogen-bond acceptors (Lipinski definition) is 2. The highest BCUT2D eigenvalue weighted by Gasteiger charge is 2.34. The molecule has 0 radical (unpaired) electrons.